The summed E-state index contributed by atoms with van der Waals surface area (Å²) in [6, 6.07) is 0. The molecule has 16 heavy (non-hydrogen) atoms. The van der Waals surface area contributed by atoms with Gasteiger partial charge in [-0.05, 0) is 25.9 Å². The molecule has 0 amide bonds. The van der Waals surface area contributed by atoms with Crippen LogP contribution >= 0.6 is 0 Å². The third kappa shape index (κ3) is 3.70. The molecule has 0 aromatic carbocycles. The molecule has 4 nitrogen and oxygen atoms in total. The van der Waals surface area contributed by atoms with Gasteiger partial charge in [0.2, 0.25) is 0 Å². The number of methoxy groups -OCH3 is 1. The van der Waals surface area contributed by atoms with E-state index in [0.29, 0.717) is 6.10 Å². The topological polar surface area (TPSA) is 27.7 Å². The van der Waals surface area contributed by atoms with E-state index >= 15 is 0 Å². The van der Waals surface area contributed by atoms with Crippen LogP contribution in [0, 0.1) is 0 Å². The van der Waals surface area contributed by atoms with E-state index in [1.807, 2.05) is 7.11 Å². The molecule has 1 unspecified atom stereocenters. The van der Waals surface area contributed by atoms with Crippen molar-refractivity contribution in [1.29, 1.82) is 0 Å². The van der Waals surface area contributed by atoms with Crippen LogP contribution in [0.25, 0.3) is 0 Å². The van der Waals surface area contributed by atoms with Gasteiger partial charge < -0.3 is 15.0 Å². The van der Waals surface area contributed by atoms with Crippen LogP contribution in [0.4, 0.5) is 0 Å². The maximum Gasteiger partial charge on any atom is 0.0710 e. The largest absolute Gasteiger partial charge is 0.380 e. The van der Waals surface area contributed by atoms with Crippen molar-refractivity contribution in [2.45, 2.75) is 18.9 Å². The van der Waals surface area contributed by atoms with Crippen LogP contribution in [-0.4, -0.2) is 75.4 Å². The molecule has 1 atom stereocenters. The summed E-state index contributed by atoms with van der Waals surface area (Å²) in [7, 11) is 1.83. The van der Waals surface area contributed by atoms with Crippen molar-refractivity contribution < 1.29 is 4.74 Å². The van der Waals surface area contributed by atoms with Crippen molar-refractivity contribution in [3.8, 4) is 0 Å². The number of hydrogen-bond acceptors (Lipinski definition) is 4. The molecule has 2 aliphatic rings. The van der Waals surface area contributed by atoms with Gasteiger partial charge in [-0.3, -0.25) is 4.90 Å². The average molecular weight is 227 g/mol. The highest BCUT2D eigenvalue weighted by atomic mass is 16.5. The molecular weight excluding hydrogens is 202 g/mol. The Kier molecular flexibility index (Phi) is 5.03. The van der Waals surface area contributed by atoms with E-state index in [0.717, 1.165) is 13.1 Å². The van der Waals surface area contributed by atoms with Gasteiger partial charge in [0.05, 0.1) is 6.10 Å². The number of rotatable bonds is 4. The summed E-state index contributed by atoms with van der Waals surface area (Å²) in [5, 5.41) is 3.45. The normalized spacial score (nSPS) is 29.4. The van der Waals surface area contributed by atoms with Gasteiger partial charge in [0, 0.05) is 46.4 Å². The van der Waals surface area contributed by atoms with Crippen LogP contribution in [0.1, 0.15) is 12.8 Å². The fraction of sp³-hybridized carbons (Fsp3) is 1.00. The standard InChI is InChI=1S/C12H25N3O/c1-16-12-3-7-15(11-12)10-9-14-6-2-4-13-5-8-14/h12-13H,2-11H2,1H3. The van der Waals surface area contributed by atoms with Crippen molar-refractivity contribution >= 4 is 0 Å². The molecule has 0 radical (unpaired) electrons. The lowest BCUT2D eigenvalue weighted by Gasteiger charge is -2.23. The minimum absolute atomic E-state index is 0.478. The predicted octanol–water partition coefficient (Wildman–Crippen LogP) is 0.00240. The smallest absolute Gasteiger partial charge is 0.0710 e. The van der Waals surface area contributed by atoms with Crippen LogP contribution in [0.2, 0.25) is 0 Å². The molecule has 2 fully saturated rings. The molecule has 0 saturated carbocycles. The summed E-state index contributed by atoms with van der Waals surface area (Å²) < 4.78 is 5.39. The maximum atomic E-state index is 5.39. The summed E-state index contributed by atoms with van der Waals surface area (Å²) in [5.74, 6) is 0. The molecule has 1 N–H and O–H groups in total. The Morgan fingerprint density at radius 1 is 1.12 bits per heavy atom. The van der Waals surface area contributed by atoms with Crippen molar-refractivity contribution in [2.24, 2.45) is 0 Å². The number of nitrogens with one attached hydrogen (secondary N) is 1. The molecule has 94 valence electrons. The third-order valence-electron chi connectivity index (χ3n) is 3.73. The first kappa shape index (κ1) is 12.3. The maximum absolute atomic E-state index is 5.39. The van der Waals surface area contributed by atoms with Crippen molar-refractivity contribution in [1.82, 2.24) is 15.1 Å². The van der Waals surface area contributed by atoms with Crippen LogP contribution in [0.15, 0.2) is 0 Å². The zero-order valence-electron chi connectivity index (χ0n) is 10.5. The van der Waals surface area contributed by atoms with E-state index in [2.05, 4.69) is 15.1 Å². The zero-order chi connectivity index (χ0) is 11.2. The molecule has 0 bridgehead atoms. The van der Waals surface area contributed by atoms with Gasteiger partial charge in [-0.2, -0.15) is 0 Å². The second-order valence-corrected chi connectivity index (χ2v) is 4.89. The van der Waals surface area contributed by atoms with Crippen molar-refractivity contribution in [3.05, 3.63) is 0 Å². The lowest BCUT2D eigenvalue weighted by atomic mass is 10.3. The fourth-order valence-electron chi connectivity index (χ4n) is 2.60. The van der Waals surface area contributed by atoms with Gasteiger partial charge in [0.25, 0.3) is 0 Å². The molecule has 2 rings (SSSR count). The molecule has 0 aliphatic carbocycles. The number of hydrogen-bond donors (Lipinski definition) is 1. The Bertz CT molecular complexity index is 193. The van der Waals surface area contributed by atoms with Crippen LogP contribution < -0.4 is 5.32 Å². The SMILES string of the molecule is COC1CCN(CCN2CCCNCC2)C1. The summed E-state index contributed by atoms with van der Waals surface area (Å²) in [4.78, 5) is 5.12. The van der Waals surface area contributed by atoms with Crippen LogP contribution in [0.5, 0.6) is 0 Å². The first-order chi connectivity index (χ1) is 7.88. The Labute approximate surface area is 98.9 Å². The van der Waals surface area contributed by atoms with Gasteiger partial charge in [0.15, 0.2) is 0 Å². The Morgan fingerprint density at radius 3 is 2.81 bits per heavy atom. The molecule has 0 spiro atoms. The number of likely N-dealkylation sites (tertiary alicyclic amines) is 1. The summed E-state index contributed by atoms with van der Waals surface area (Å²) >= 11 is 0. The predicted molar refractivity (Wildman–Crippen MR) is 65.8 cm³/mol. The zero-order valence-corrected chi connectivity index (χ0v) is 10.5. The molecular formula is C12H25N3O. The molecule has 2 saturated heterocycles. The van der Waals surface area contributed by atoms with E-state index in [4.69, 9.17) is 4.74 Å². The minimum atomic E-state index is 0.478. The van der Waals surface area contributed by atoms with E-state index in [1.165, 1.54) is 52.1 Å². The van der Waals surface area contributed by atoms with E-state index < -0.39 is 0 Å². The first-order valence-electron chi connectivity index (χ1n) is 6.56. The average Bonchev–Trinajstić information content (AvgIpc) is 2.61. The van der Waals surface area contributed by atoms with E-state index in [-0.39, 0.29) is 0 Å². The van der Waals surface area contributed by atoms with E-state index in [9.17, 15) is 0 Å². The molecule has 2 heterocycles. The Morgan fingerprint density at radius 2 is 2.00 bits per heavy atom. The first-order valence-corrected chi connectivity index (χ1v) is 6.56. The highest BCUT2D eigenvalue weighted by Crippen LogP contribution is 2.11. The molecule has 0 aromatic heterocycles. The van der Waals surface area contributed by atoms with Gasteiger partial charge in [-0.1, -0.05) is 0 Å². The fourth-order valence-corrected chi connectivity index (χ4v) is 2.60. The highest BCUT2D eigenvalue weighted by Gasteiger charge is 2.22. The molecule has 2 aliphatic heterocycles. The second-order valence-electron chi connectivity index (χ2n) is 4.89. The van der Waals surface area contributed by atoms with E-state index in [1.54, 1.807) is 0 Å². The monoisotopic (exact) mass is 227 g/mol. The lowest BCUT2D eigenvalue weighted by molar-refractivity contribution is 0.106. The minimum Gasteiger partial charge on any atom is -0.380 e. The third-order valence-corrected chi connectivity index (χ3v) is 3.73. The highest BCUT2D eigenvalue weighted by molar-refractivity contribution is 4.77. The summed E-state index contributed by atoms with van der Waals surface area (Å²) in [6.07, 6.45) is 2.98. The number of ether oxygens (including phenoxy) is 1. The van der Waals surface area contributed by atoms with Gasteiger partial charge >= 0.3 is 0 Å². The summed E-state index contributed by atoms with van der Waals surface area (Å²) in [6.45, 7) is 9.58. The number of nitrogens with zero attached hydrogens (tertiary/aromatic N) is 2. The van der Waals surface area contributed by atoms with Crippen LogP contribution in [-0.2, 0) is 4.74 Å². The van der Waals surface area contributed by atoms with Gasteiger partial charge in [0.1, 0.15) is 0 Å². The molecule has 0 aromatic rings. The van der Waals surface area contributed by atoms with Gasteiger partial charge in [-0.25, -0.2) is 0 Å². The van der Waals surface area contributed by atoms with Crippen molar-refractivity contribution in [2.75, 3.05) is 59.5 Å². The van der Waals surface area contributed by atoms with Gasteiger partial charge in [-0.15, -0.1) is 0 Å². The quantitative estimate of drug-likeness (QED) is 0.732. The molecule has 4 heteroatoms. The summed E-state index contributed by atoms with van der Waals surface area (Å²) in [5.41, 5.74) is 0. The Hall–Kier alpha value is -0.160. The van der Waals surface area contributed by atoms with Crippen molar-refractivity contribution in [3.63, 3.8) is 0 Å². The van der Waals surface area contributed by atoms with Crippen LogP contribution in [0.3, 0.4) is 0 Å². The Balaban J connectivity index is 1.63. The lowest BCUT2D eigenvalue weighted by Crippen LogP contribution is -2.36. The second kappa shape index (κ2) is 6.55.